The Morgan fingerprint density at radius 3 is 2.92 bits per heavy atom. The van der Waals surface area contributed by atoms with E-state index in [1.807, 2.05) is 0 Å². The quantitative estimate of drug-likeness (QED) is 0.799. The van der Waals surface area contributed by atoms with E-state index in [-0.39, 0.29) is 0 Å². The minimum Gasteiger partial charge on any atom is -0.327 e. The van der Waals surface area contributed by atoms with Gasteiger partial charge in [-0.05, 0) is 36.1 Å². The van der Waals surface area contributed by atoms with E-state index in [1.165, 1.54) is 16.7 Å². The summed E-state index contributed by atoms with van der Waals surface area (Å²) >= 11 is 3.48. The van der Waals surface area contributed by atoms with Crippen LogP contribution in [0.5, 0.6) is 0 Å². The van der Waals surface area contributed by atoms with Crippen LogP contribution in [0.3, 0.4) is 0 Å². The molecule has 1 aliphatic carbocycles. The number of aryl methyl sites for hydroxylation is 1. The zero-order chi connectivity index (χ0) is 9.26. The maximum absolute atomic E-state index is 5.61. The maximum Gasteiger partial charge on any atom is 0.0178 e. The second-order valence-electron chi connectivity index (χ2n) is 3.35. The number of hydrogen-bond acceptors (Lipinski definition) is 1. The fraction of sp³-hybridized carbons (Fsp3) is 0.273. The van der Waals surface area contributed by atoms with Gasteiger partial charge in [-0.1, -0.05) is 33.6 Å². The molecule has 0 spiro atoms. The van der Waals surface area contributed by atoms with Gasteiger partial charge in [0.25, 0.3) is 0 Å². The normalized spacial score (nSPS) is 15.1. The fourth-order valence-corrected chi connectivity index (χ4v) is 2.09. The monoisotopic (exact) mass is 237 g/mol. The molecule has 0 fully saturated rings. The minimum atomic E-state index is 0.690. The van der Waals surface area contributed by atoms with Crippen LogP contribution in [0.2, 0.25) is 0 Å². The Balaban J connectivity index is 2.42. The third-order valence-corrected chi connectivity index (χ3v) is 2.94. The van der Waals surface area contributed by atoms with E-state index in [0.717, 1.165) is 17.3 Å². The lowest BCUT2D eigenvalue weighted by Gasteiger charge is -2.15. The summed E-state index contributed by atoms with van der Waals surface area (Å²) in [6.07, 6.45) is 4.45. The predicted octanol–water partition coefficient (Wildman–Crippen LogP) is 2.74. The molecule has 0 amide bonds. The predicted molar refractivity (Wildman–Crippen MR) is 59.5 cm³/mol. The summed E-state index contributed by atoms with van der Waals surface area (Å²) in [5, 5.41) is 0. The molecule has 68 valence electrons. The van der Waals surface area contributed by atoms with Crippen molar-refractivity contribution in [3.63, 3.8) is 0 Å². The summed E-state index contributed by atoms with van der Waals surface area (Å²) in [5.41, 5.74) is 9.72. The molecule has 0 heterocycles. The van der Waals surface area contributed by atoms with Gasteiger partial charge in [0, 0.05) is 11.0 Å². The standard InChI is InChI=1S/C11H12BrN/c12-11-4-3-9-5-8(7-13)1-2-10(9)6-11/h3-6H,1-2,7,13H2. The number of rotatable bonds is 1. The highest BCUT2D eigenvalue weighted by Gasteiger charge is 2.08. The van der Waals surface area contributed by atoms with Crippen LogP contribution in [0.1, 0.15) is 17.5 Å². The highest BCUT2D eigenvalue weighted by Crippen LogP contribution is 2.25. The molecular weight excluding hydrogens is 226 g/mol. The topological polar surface area (TPSA) is 26.0 Å². The molecule has 1 nitrogen and oxygen atoms in total. The van der Waals surface area contributed by atoms with Crippen LogP contribution < -0.4 is 5.73 Å². The fourth-order valence-electron chi connectivity index (χ4n) is 1.68. The first-order valence-electron chi connectivity index (χ1n) is 4.47. The summed E-state index contributed by atoms with van der Waals surface area (Å²) in [6.45, 7) is 0.690. The first-order valence-corrected chi connectivity index (χ1v) is 5.27. The van der Waals surface area contributed by atoms with Gasteiger partial charge in [0.2, 0.25) is 0 Å². The number of hydrogen-bond donors (Lipinski definition) is 1. The number of benzene rings is 1. The Kier molecular flexibility index (Phi) is 2.51. The average molecular weight is 238 g/mol. The molecule has 0 bridgehead atoms. The lowest BCUT2D eigenvalue weighted by atomic mass is 9.92. The van der Waals surface area contributed by atoms with Crippen molar-refractivity contribution in [3.8, 4) is 0 Å². The smallest absolute Gasteiger partial charge is 0.0178 e. The zero-order valence-corrected chi connectivity index (χ0v) is 8.97. The summed E-state index contributed by atoms with van der Waals surface area (Å²) in [7, 11) is 0. The van der Waals surface area contributed by atoms with E-state index in [1.54, 1.807) is 0 Å². The van der Waals surface area contributed by atoms with Crippen LogP contribution in [-0.4, -0.2) is 6.54 Å². The molecule has 2 N–H and O–H groups in total. The molecule has 1 aromatic rings. The molecule has 0 radical (unpaired) electrons. The zero-order valence-electron chi connectivity index (χ0n) is 7.39. The summed E-state index contributed by atoms with van der Waals surface area (Å²) < 4.78 is 1.16. The van der Waals surface area contributed by atoms with Gasteiger partial charge >= 0.3 is 0 Å². The molecular formula is C11H12BrN. The van der Waals surface area contributed by atoms with E-state index < -0.39 is 0 Å². The van der Waals surface area contributed by atoms with Crippen molar-refractivity contribution in [1.82, 2.24) is 0 Å². The minimum absolute atomic E-state index is 0.690. The molecule has 13 heavy (non-hydrogen) atoms. The van der Waals surface area contributed by atoms with Crippen LogP contribution in [0.15, 0.2) is 28.2 Å². The number of nitrogens with two attached hydrogens (primary N) is 1. The largest absolute Gasteiger partial charge is 0.327 e. The van der Waals surface area contributed by atoms with Gasteiger partial charge in [-0.2, -0.15) is 0 Å². The van der Waals surface area contributed by atoms with Crippen molar-refractivity contribution < 1.29 is 0 Å². The van der Waals surface area contributed by atoms with E-state index in [2.05, 4.69) is 40.2 Å². The third kappa shape index (κ3) is 1.84. The molecule has 0 saturated heterocycles. The van der Waals surface area contributed by atoms with Crippen LogP contribution >= 0.6 is 15.9 Å². The van der Waals surface area contributed by atoms with E-state index in [9.17, 15) is 0 Å². The Labute approximate surface area is 86.8 Å². The van der Waals surface area contributed by atoms with Crippen molar-refractivity contribution in [2.45, 2.75) is 12.8 Å². The summed E-state index contributed by atoms with van der Waals surface area (Å²) in [5.74, 6) is 0. The summed E-state index contributed by atoms with van der Waals surface area (Å²) in [4.78, 5) is 0. The first kappa shape index (κ1) is 8.97. The SMILES string of the molecule is NCC1=Cc2ccc(Br)cc2CC1. The maximum atomic E-state index is 5.61. The van der Waals surface area contributed by atoms with Crippen LogP contribution in [-0.2, 0) is 6.42 Å². The highest BCUT2D eigenvalue weighted by molar-refractivity contribution is 9.10. The average Bonchev–Trinajstić information content (AvgIpc) is 2.17. The van der Waals surface area contributed by atoms with Gasteiger partial charge in [-0.3, -0.25) is 0 Å². The molecule has 0 atom stereocenters. The lowest BCUT2D eigenvalue weighted by molar-refractivity contribution is 0.892. The Morgan fingerprint density at radius 1 is 1.31 bits per heavy atom. The van der Waals surface area contributed by atoms with Crippen LogP contribution in [0, 0.1) is 0 Å². The van der Waals surface area contributed by atoms with Gasteiger partial charge in [-0.15, -0.1) is 0 Å². The molecule has 0 aromatic heterocycles. The van der Waals surface area contributed by atoms with Gasteiger partial charge < -0.3 is 5.73 Å². The van der Waals surface area contributed by atoms with Crippen molar-refractivity contribution in [1.29, 1.82) is 0 Å². The van der Waals surface area contributed by atoms with Gasteiger partial charge in [0.15, 0.2) is 0 Å². The van der Waals surface area contributed by atoms with E-state index >= 15 is 0 Å². The van der Waals surface area contributed by atoms with Crippen molar-refractivity contribution in [2.24, 2.45) is 5.73 Å². The molecule has 2 rings (SSSR count). The third-order valence-electron chi connectivity index (χ3n) is 2.44. The van der Waals surface area contributed by atoms with Crippen molar-refractivity contribution in [3.05, 3.63) is 39.4 Å². The van der Waals surface area contributed by atoms with Gasteiger partial charge in [0.1, 0.15) is 0 Å². The second-order valence-corrected chi connectivity index (χ2v) is 4.27. The Hall–Kier alpha value is -0.600. The molecule has 0 unspecified atom stereocenters. The molecule has 0 saturated carbocycles. The van der Waals surface area contributed by atoms with Gasteiger partial charge in [-0.25, -0.2) is 0 Å². The molecule has 2 heteroatoms. The van der Waals surface area contributed by atoms with Crippen LogP contribution in [0.4, 0.5) is 0 Å². The van der Waals surface area contributed by atoms with E-state index in [0.29, 0.717) is 6.54 Å². The second kappa shape index (κ2) is 3.64. The molecule has 1 aromatic carbocycles. The first-order chi connectivity index (χ1) is 6.29. The highest BCUT2D eigenvalue weighted by atomic mass is 79.9. The van der Waals surface area contributed by atoms with Gasteiger partial charge in [0.05, 0.1) is 0 Å². The summed E-state index contributed by atoms with van der Waals surface area (Å²) in [6, 6.07) is 6.42. The van der Waals surface area contributed by atoms with Crippen molar-refractivity contribution >= 4 is 22.0 Å². The van der Waals surface area contributed by atoms with Crippen molar-refractivity contribution in [2.75, 3.05) is 6.54 Å². The molecule has 1 aliphatic rings. The Morgan fingerprint density at radius 2 is 2.15 bits per heavy atom. The van der Waals surface area contributed by atoms with E-state index in [4.69, 9.17) is 5.73 Å². The number of fused-ring (bicyclic) bond motifs is 1. The lowest BCUT2D eigenvalue weighted by Crippen LogP contribution is -2.08. The Bertz CT molecular complexity index is 355. The van der Waals surface area contributed by atoms with Crippen LogP contribution in [0.25, 0.3) is 6.08 Å². The molecule has 0 aliphatic heterocycles. The number of halogens is 1.